The van der Waals surface area contributed by atoms with E-state index in [1.165, 1.54) is 44.9 Å². The first kappa shape index (κ1) is 14.1. The predicted molar refractivity (Wildman–Crippen MR) is 74.9 cm³/mol. The summed E-state index contributed by atoms with van der Waals surface area (Å²) in [5, 5.41) is 3.21. The molecule has 1 amide bonds. The molecule has 2 heterocycles. The second kappa shape index (κ2) is 6.25. The van der Waals surface area contributed by atoms with Crippen LogP contribution in [0.3, 0.4) is 0 Å². The van der Waals surface area contributed by atoms with Gasteiger partial charge in [-0.05, 0) is 31.6 Å². The predicted octanol–water partition coefficient (Wildman–Crippen LogP) is 2.20. The van der Waals surface area contributed by atoms with Gasteiger partial charge in [-0.15, -0.1) is 12.4 Å². The van der Waals surface area contributed by atoms with Crippen molar-refractivity contribution in [2.75, 3.05) is 19.6 Å². The zero-order chi connectivity index (χ0) is 11.7. The third kappa shape index (κ3) is 2.67. The van der Waals surface area contributed by atoms with Gasteiger partial charge in [-0.25, -0.2) is 0 Å². The third-order valence-electron chi connectivity index (χ3n) is 4.91. The van der Waals surface area contributed by atoms with Crippen LogP contribution in [0.25, 0.3) is 0 Å². The molecule has 0 bridgehead atoms. The van der Waals surface area contributed by atoms with Crippen LogP contribution >= 0.6 is 12.4 Å². The number of carbonyl (C=O) groups is 1. The van der Waals surface area contributed by atoms with Crippen LogP contribution in [0.4, 0.5) is 0 Å². The Labute approximate surface area is 116 Å². The monoisotopic (exact) mass is 272 g/mol. The Hall–Kier alpha value is -0.280. The van der Waals surface area contributed by atoms with Gasteiger partial charge in [-0.2, -0.15) is 0 Å². The minimum Gasteiger partial charge on any atom is -0.339 e. The highest BCUT2D eigenvalue weighted by molar-refractivity contribution is 5.85. The lowest BCUT2D eigenvalue weighted by molar-refractivity contribution is -0.139. The molecule has 1 N–H and O–H groups in total. The number of halogens is 1. The Morgan fingerprint density at radius 2 is 1.72 bits per heavy atom. The van der Waals surface area contributed by atoms with E-state index in [9.17, 15) is 4.79 Å². The molecular weight excluding hydrogens is 248 g/mol. The highest BCUT2D eigenvalue weighted by Gasteiger charge is 2.38. The second-order valence-electron chi connectivity index (χ2n) is 5.99. The van der Waals surface area contributed by atoms with Crippen molar-refractivity contribution >= 4 is 18.3 Å². The van der Waals surface area contributed by atoms with Crippen molar-refractivity contribution < 1.29 is 4.79 Å². The number of nitrogens with one attached hydrogen (secondary N) is 1. The lowest BCUT2D eigenvalue weighted by Crippen LogP contribution is -2.54. The Morgan fingerprint density at radius 1 is 1.00 bits per heavy atom. The molecule has 0 radical (unpaired) electrons. The minimum atomic E-state index is 0. The van der Waals surface area contributed by atoms with E-state index in [0.717, 1.165) is 25.6 Å². The van der Waals surface area contributed by atoms with E-state index in [1.807, 2.05) is 0 Å². The molecule has 3 fully saturated rings. The molecule has 1 atom stereocenters. The molecule has 1 aliphatic carbocycles. The average Bonchev–Trinajstić information content (AvgIpc) is 2.76. The zero-order valence-electron chi connectivity index (χ0n) is 11.1. The fraction of sp³-hybridized carbons (Fsp3) is 0.929. The van der Waals surface area contributed by atoms with Crippen molar-refractivity contribution in [3.8, 4) is 0 Å². The Morgan fingerprint density at radius 3 is 2.33 bits per heavy atom. The quantitative estimate of drug-likeness (QED) is 0.836. The molecule has 1 unspecified atom stereocenters. The van der Waals surface area contributed by atoms with Crippen LogP contribution in [-0.2, 0) is 4.79 Å². The van der Waals surface area contributed by atoms with E-state index < -0.39 is 0 Å². The number of carbonyl (C=O) groups excluding carboxylic acids is 1. The standard InChI is InChI=1S/C14H24N2O.ClH/c17-14(12-9-15-10-12)16-8-4-7-13(16)11-5-2-1-3-6-11;/h11-13,15H,1-10H2;1H. The highest BCUT2D eigenvalue weighted by atomic mass is 35.5. The number of hydrogen-bond acceptors (Lipinski definition) is 2. The molecule has 104 valence electrons. The van der Waals surface area contributed by atoms with Crippen molar-refractivity contribution in [2.45, 2.75) is 51.0 Å². The molecule has 0 aromatic carbocycles. The molecule has 2 saturated heterocycles. The van der Waals surface area contributed by atoms with Crippen molar-refractivity contribution in [1.29, 1.82) is 0 Å². The van der Waals surface area contributed by atoms with E-state index >= 15 is 0 Å². The number of nitrogens with zero attached hydrogens (tertiary/aromatic N) is 1. The van der Waals surface area contributed by atoms with Crippen molar-refractivity contribution in [3.05, 3.63) is 0 Å². The minimum absolute atomic E-state index is 0. The third-order valence-corrected chi connectivity index (χ3v) is 4.91. The lowest BCUT2D eigenvalue weighted by atomic mass is 9.82. The maximum absolute atomic E-state index is 12.4. The van der Waals surface area contributed by atoms with Gasteiger partial charge in [0.25, 0.3) is 0 Å². The van der Waals surface area contributed by atoms with Crippen LogP contribution in [0, 0.1) is 11.8 Å². The van der Waals surface area contributed by atoms with Gasteiger partial charge >= 0.3 is 0 Å². The molecule has 2 aliphatic heterocycles. The fourth-order valence-electron chi connectivity index (χ4n) is 3.77. The molecule has 1 saturated carbocycles. The molecule has 4 heteroatoms. The summed E-state index contributed by atoms with van der Waals surface area (Å²) < 4.78 is 0. The Balaban J connectivity index is 0.00000120. The largest absolute Gasteiger partial charge is 0.339 e. The SMILES string of the molecule is Cl.O=C(C1CNC1)N1CCCC1C1CCCCC1. The van der Waals surface area contributed by atoms with Crippen molar-refractivity contribution in [2.24, 2.45) is 11.8 Å². The maximum Gasteiger partial charge on any atom is 0.228 e. The van der Waals surface area contributed by atoms with E-state index in [4.69, 9.17) is 0 Å². The maximum atomic E-state index is 12.4. The number of hydrogen-bond donors (Lipinski definition) is 1. The van der Waals surface area contributed by atoms with Gasteiger partial charge in [-0.1, -0.05) is 19.3 Å². The zero-order valence-corrected chi connectivity index (χ0v) is 11.9. The summed E-state index contributed by atoms with van der Waals surface area (Å²) in [5.74, 6) is 1.54. The van der Waals surface area contributed by atoms with Gasteiger partial charge < -0.3 is 10.2 Å². The highest BCUT2D eigenvalue weighted by Crippen LogP contribution is 2.35. The Bertz CT molecular complexity index is 288. The van der Waals surface area contributed by atoms with Crippen LogP contribution in [0.2, 0.25) is 0 Å². The topological polar surface area (TPSA) is 32.3 Å². The smallest absolute Gasteiger partial charge is 0.228 e. The molecule has 0 aromatic heterocycles. The van der Waals surface area contributed by atoms with Gasteiger partial charge in [0, 0.05) is 25.7 Å². The summed E-state index contributed by atoms with van der Waals surface area (Å²) in [7, 11) is 0. The molecule has 0 spiro atoms. The molecule has 3 rings (SSSR count). The lowest BCUT2D eigenvalue weighted by Gasteiger charge is -2.38. The molecule has 0 aromatic rings. The van der Waals surface area contributed by atoms with Gasteiger partial charge in [0.1, 0.15) is 0 Å². The van der Waals surface area contributed by atoms with E-state index in [2.05, 4.69) is 10.2 Å². The summed E-state index contributed by atoms with van der Waals surface area (Å²) in [4.78, 5) is 14.6. The van der Waals surface area contributed by atoms with Crippen LogP contribution in [0.5, 0.6) is 0 Å². The number of amides is 1. The first-order chi connectivity index (χ1) is 8.36. The average molecular weight is 273 g/mol. The number of rotatable bonds is 2. The normalized spacial score (nSPS) is 29.8. The van der Waals surface area contributed by atoms with Crippen molar-refractivity contribution in [3.63, 3.8) is 0 Å². The van der Waals surface area contributed by atoms with Gasteiger partial charge in [0.05, 0.1) is 5.92 Å². The van der Waals surface area contributed by atoms with Crippen LogP contribution in [0.1, 0.15) is 44.9 Å². The fourth-order valence-corrected chi connectivity index (χ4v) is 3.77. The second-order valence-corrected chi connectivity index (χ2v) is 5.99. The summed E-state index contributed by atoms with van der Waals surface area (Å²) in [5.41, 5.74) is 0. The summed E-state index contributed by atoms with van der Waals surface area (Å²) in [6.07, 6.45) is 9.38. The van der Waals surface area contributed by atoms with Crippen LogP contribution in [0.15, 0.2) is 0 Å². The van der Waals surface area contributed by atoms with E-state index in [1.54, 1.807) is 0 Å². The summed E-state index contributed by atoms with van der Waals surface area (Å²) in [6, 6.07) is 0.586. The first-order valence-corrected chi connectivity index (χ1v) is 7.37. The van der Waals surface area contributed by atoms with Crippen molar-refractivity contribution in [1.82, 2.24) is 10.2 Å². The van der Waals surface area contributed by atoms with Crippen LogP contribution in [-0.4, -0.2) is 36.5 Å². The molecule has 18 heavy (non-hydrogen) atoms. The summed E-state index contributed by atoms with van der Waals surface area (Å²) >= 11 is 0. The number of likely N-dealkylation sites (tertiary alicyclic amines) is 1. The first-order valence-electron chi connectivity index (χ1n) is 7.37. The van der Waals surface area contributed by atoms with Crippen LogP contribution < -0.4 is 5.32 Å². The molecule has 3 aliphatic rings. The summed E-state index contributed by atoms with van der Waals surface area (Å²) in [6.45, 7) is 2.84. The van der Waals surface area contributed by atoms with Gasteiger partial charge in [-0.3, -0.25) is 4.79 Å². The molecular formula is C14H25ClN2O. The van der Waals surface area contributed by atoms with Gasteiger partial charge in [0.2, 0.25) is 5.91 Å². The van der Waals surface area contributed by atoms with E-state index in [-0.39, 0.29) is 12.4 Å². The molecule has 3 nitrogen and oxygen atoms in total. The van der Waals surface area contributed by atoms with E-state index in [0.29, 0.717) is 17.9 Å². The van der Waals surface area contributed by atoms with Gasteiger partial charge in [0.15, 0.2) is 0 Å². The Kier molecular flexibility index (Phi) is 4.91.